The molecule has 0 saturated heterocycles. The summed E-state index contributed by atoms with van der Waals surface area (Å²) in [5, 5.41) is 0.524. The Morgan fingerprint density at radius 1 is 1.03 bits per heavy atom. The van der Waals surface area contributed by atoms with Crippen molar-refractivity contribution in [3.63, 3.8) is 0 Å². The second-order valence-electron chi connectivity index (χ2n) is 7.45. The number of aromatic nitrogens is 3. The Morgan fingerprint density at radius 3 is 2.48 bits per heavy atom. The maximum Gasteiger partial charge on any atom is 0.331 e. The number of hydrogen-bond acceptors (Lipinski definition) is 4. The second kappa shape index (κ2) is 6.35. The van der Waals surface area contributed by atoms with Gasteiger partial charge in [0.2, 0.25) is 0 Å². The van der Waals surface area contributed by atoms with Crippen molar-refractivity contribution in [2.45, 2.75) is 19.6 Å². The molecule has 0 amide bonds. The lowest BCUT2D eigenvalue weighted by Crippen LogP contribution is -2.37. The molecular formula is C22H21N3O4. The number of ether oxygens (including phenoxy) is 1. The first-order chi connectivity index (χ1) is 14.0. The van der Waals surface area contributed by atoms with E-state index in [2.05, 4.69) is 4.57 Å². The molecule has 1 atom stereocenters. The SMILES string of the molecule is Cc1ccc(-c2c3c(=O)n(C)c(=O)n(C)c3c3n2CCOC3c2ccco2)cc1. The Bertz CT molecular complexity index is 1340. The van der Waals surface area contributed by atoms with E-state index < -0.39 is 6.10 Å². The minimum Gasteiger partial charge on any atom is -0.466 e. The molecule has 4 heterocycles. The van der Waals surface area contributed by atoms with Crippen LogP contribution in [0.2, 0.25) is 0 Å². The standard InChI is InChI=1S/C22H21N3O4/c1-13-6-8-14(9-7-13)17-16-18(23(2)22(27)24(3)21(16)26)19-20(15-5-4-11-28-15)29-12-10-25(17)19/h4-9,11,20H,10,12H2,1-3H3. The number of furan rings is 1. The van der Waals surface area contributed by atoms with E-state index in [9.17, 15) is 9.59 Å². The smallest absolute Gasteiger partial charge is 0.331 e. The summed E-state index contributed by atoms with van der Waals surface area (Å²) in [6.07, 6.45) is 1.11. The number of hydrogen-bond donors (Lipinski definition) is 0. The summed E-state index contributed by atoms with van der Waals surface area (Å²) in [6, 6.07) is 11.7. The third-order valence-corrected chi connectivity index (χ3v) is 5.68. The molecule has 1 unspecified atom stereocenters. The molecule has 0 spiro atoms. The van der Waals surface area contributed by atoms with E-state index in [-0.39, 0.29) is 11.2 Å². The molecule has 0 bridgehead atoms. The van der Waals surface area contributed by atoms with Gasteiger partial charge < -0.3 is 13.7 Å². The van der Waals surface area contributed by atoms with Crippen molar-refractivity contribution >= 4 is 10.9 Å². The summed E-state index contributed by atoms with van der Waals surface area (Å²) < 4.78 is 16.5. The van der Waals surface area contributed by atoms with E-state index in [0.29, 0.717) is 29.8 Å². The normalized spacial score (nSPS) is 16.3. The van der Waals surface area contributed by atoms with Crippen LogP contribution in [-0.4, -0.2) is 20.3 Å². The van der Waals surface area contributed by atoms with E-state index in [4.69, 9.17) is 9.15 Å². The van der Waals surface area contributed by atoms with Crippen LogP contribution >= 0.6 is 0 Å². The summed E-state index contributed by atoms with van der Waals surface area (Å²) in [7, 11) is 3.21. The Hall–Kier alpha value is -3.32. The first kappa shape index (κ1) is 17.8. The summed E-state index contributed by atoms with van der Waals surface area (Å²) in [5.74, 6) is 0.647. The van der Waals surface area contributed by atoms with Gasteiger partial charge in [-0.3, -0.25) is 13.9 Å². The van der Waals surface area contributed by atoms with E-state index in [0.717, 1.165) is 27.1 Å². The predicted octanol–water partition coefficient (Wildman–Crippen LogP) is 2.73. The van der Waals surface area contributed by atoms with Crippen LogP contribution in [0.3, 0.4) is 0 Å². The molecule has 4 aromatic rings. The molecule has 0 aliphatic carbocycles. The Kier molecular flexibility index (Phi) is 3.89. The van der Waals surface area contributed by atoms with E-state index >= 15 is 0 Å². The number of benzene rings is 1. The fourth-order valence-corrected chi connectivity index (χ4v) is 4.25. The van der Waals surface area contributed by atoms with Crippen molar-refractivity contribution in [2.75, 3.05) is 6.61 Å². The van der Waals surface area contributed by atoms with Crippen molar-refractivity contribution in [3.8, 4) is 11.3 Å². The van der Waals surface area contributed by atoms with Gasteiger partial charge in [0, 0.05) is 20.6 Å². The summed E-state index contributed by atoms with van der Waals surface area (Å²) in [5.41, 5.74) is 3.58. The van der Waals surface area contributed by atoms with Crippen LogP contribution in [0.4, 0.5) is 0 Å². The van der Waals surface area contributed by atoms with Gasteiger partial charge in [-0.05, 0) is 24.6 Å². The summed E-state index contributed by atoms with van der Waals surface area (Å²) in [4.78, 5) is 26.0. The van der Waals surface area contributed by atoms with Crippen molar-refractivity contribution in [3.05, 3.63) is 80.5 Å². The van der Waals surface area contributed by atoms with Crippen LogP contribution in [0.25, 0.3) is 22.2 Å². The van der Waals surface area contributed by atoms with Gasteiger partial charge in [0.25, 0.3) is 5.56 Å². The maximum absolute atomic E-state index is 13.2. The highest BCUT2D eigenvalue weighted by Crippen LogP contribution is 2.40. The molecule has 7 nitrogen and oxygen atoms in total. The molecule has 5 rings (SSSR count). The van der Waals surface area contributed by atoms with E-state index in [1.165, 1.54) is 11.6 Å². The van der Waals surface area contributed by atoms with Crippen molar-refractivity contribution in [1.29, 1.82) is 0 Å². The summed E-state index contributed by atoms with van der Waals surface area (Å²) >= 11 is 0. The highest BCUT2D eigenvalue weighted by Gasteiger charge is 2.34. The largest absolute Gasteiger partial charge is 0.466 e. The van der Waals surface area contributed by atoms with Crippen LogP contribution in [-0.2, 0) is 25.4 Å². The van der Waals surface area contributed by atoms with Crippen LogP contribution in [0.15, 0.2) is 56.7 Å². The number of rotatable bonds is 2. The minimum atomic E-state index is -0.488. The van der Waals surface area contributed by atoms with Crippen LogP contribution < -0.4 is 11.2 Å². The van der Waals surface area contributed by atoms with Gasteiger partial charge in [0.1, 0.15) is 5.76 Å². The fraction of sp³-hybridized carbons (Fsp3) is 0.273. The van der Waals surface area contributed by atoms with Crippen LogP contribution in [0.1, 0.15) is 23.1 Å². The zero-order valence-corrected chi connectivity index (χ0v) is 16.5. The third-order valence-electron chi connectivity index (χ3n) is 5.68. The maximum atomic E-state index is 13.2. The molecule has 7 heteroatoms. The van der Waals surface area contributed by atoms with Crippen LogP contribution in [0, 0.1) is 6.92 Å². The minimum absolute atomic E-state index is 0.307. The average Bonchev–Trinajstić information content (AvgIpc) is 3.37. The molecular weight excluding hydrogens is 370 g/mol. The number of nitrogens with zero attached hydrogens (tertiary/aromatic N) is 3. The van der Waals surface area contributed by atoms with Crippen molar-refractivity contribution < 1.29 is 9.15 Å². The molecule has 0 saturated carbocycles. The lowest BCUT2D eigenvalue weighted by atomic mass is 10.1. The second-order valence-corrected chi connectivity index (χ2v) is 7.45. The first-order valence-electron chi connectivity index (χ1n) is 9.53. The van der Waals surface area contributed by atoms with Gasteiger partial charge in [-0.2, -0.15) is 0 Å². The number of aryl methyl sites for hydroxylation is 2. The first-order valence-corrected chi connectivity index (χ1v) is 9.53. The molecule has 1 aromatic carbocycles. The topological polar surface area (TPSA) is 71.3 Å². The fourth-order valence-electron chi connectivity index (χ4n) is 4.25. The molecule has 0 N–H and O–H groups in total. The monoisotopic (exact) mass is 391 g/mol. The van der Waals surface area contributed by atoms with Crippen LogP contribution in [0.5, 0.6) is 0 Å². The average molecular weight is 391 g/mol. The zero-order chi connectivity index (χ0) is 20.3. The molecule has 148 valence electrons. The molecule has 1 aliphatic rings. The third kappa shape index (κ3) is 2.47. The van der Waals surface area contributed by atoms with Gasteiger partial charge in [0.15, 0.2) is 6.10 Å². The van der Waals surface area contributed by atoms with Gasteiger partial charge in [-0.25, -0.2) is 4.79 Å². The van der Waals surface area contributed by atoms with Crippen molar-refractivity contribution in [2.24, 2.45) is 14.1 Å². The molecule has 3 aromatic heterocycles. The Labute approximate surface area is 166 Å². The van der Waals surface area contributed by atoms with Gasteiger partial charge >= 0.3 is 5.69 Å². The highest BCUT2D eigenvalue weighted by atomic mass is 16.5. The molecule has 0 radical (unpaired) electrons. The quantitative estimate of drug-likeness (QED) is 0.527. The van der Waals surface area contributed by atoms with Gasteiger partial charge in [-0.15, -0.1) is 0 Å². The highest BCUT2D eigenvalue weighted by molar-refractivity contribution is 5.96. The Balaban J connectivity index is 1.97. The van der Waals surface area contributed by atoms with E-state index in [1.54, 1.807) is 13.3 Å². The molecule has 1 aliphatic heterocycles. The molecule has 0 fully saturated rings. The predicted molar refractivity (Wildman–Crippen MR) is 109 cm³/mol. The van der Waals surface area contributed by atoms with Gasteiger partial charge in [0.05, 0.1) is 35.2 Å². The zero-order valence-electron chi connectivity index (χ0n) is 16.5. The summed E-state index contributed by atoms with van der Waals surface area (Å²) in [6.45, 7) is 3.09. The van der Waals surface area contributed by atoms with Crippen molar-refractivity contribution in [1.82, 2.24) is 13.7 Å². The lowest BCUT2D eigenvalue weighted by Gasteiger charge is -2.26. The lowest BCUT2D eigenvalue weighted by molar-refractivity contribution is 0.0347. The van der Waals surface area contributed by atoms with E-state index in [1.807, 2.05) is 43.3 Å². The van der Waals surface area contributed by atoms with Gasteiger partial charge in [-0.1, -0.05) is 29.8 Å². The molecule has 29 heavy (non-hydrogen) atoms. The Morgan fingerprint density at radius 2 is 1.79 bits per heavy atom. The number of fused-ring (bicyclic) bond motifs is 3.